The zero-order valence-electron chi connectivity index (χ0n) is 12.6. The molecule has 0 saturated carbocycles. The highest BCUT2D eigenvalue weighted by atomic mass is 32.1. The second kappa shape index (κ2) is 6.23. The molecule has 0 aliphatic heterocycles. The minimum Gasteiger partial charge on any atom is -0.344 e. The summed E-state index contributed by atoms with van der Waals surface area (Å²) in [5.41, 5.74) is -0.509. The van der Waals surface area contributed by atoms with Gasteiger partial charge in [-0.2, -0.15) is 13.2 Å². The molecule has 0 fully saturated rings. The van der Waals surface area contributed by atoms with Crippen LogP contribution in [0.3, 0.4) is 0 Å². The Bertz CT molecular complexity index is 884. The molecule has 1 N–H and O–H groups in total. The van der Waals surface area contributed by atoms with Gasteiger partial charge in [-0.1, -0.05) is 6.92 Å². The Labute approximate surface area is 139 Å². The standard InChI is InChI=1S/C15H13F3N4OS/c1-2-10-4-5-11(24-10)14(23)19-7-13-21-20-12-6-3-9(8-22(12)13)15(16,17)18/h3-6,8H,2,7H2,1H3,(H,19,23). The van der Waals surface area contributed by atoms with Gasteiger partial charge in [0, 0.05) is 11.1 Å². The van der Waals surface area contributed by atoms with Gasteiger partial charge in [-0.25, -0.2) is 0 Å². The number of carbonyl (C=O) groups excluding carboxylic acids is 1. The molecule has 9 heteroatoms. The zero-order chi connectivity index (χ0) is 17.3. The Balaban J connectivity index is 1.78. The highest BCUT2D eigenvalue weighted by molar-refractivity contribution is 7.14. The molecule has 24 heavy (non-hydrogen) atoms. The summed E-state index contributed by atoms with van der Waals surface area (Å²) in [5.74, 6) is -0.0554. The van der Waals surface area contributed by atoms with Crippen molar-refractivity contribution in [3.8, 4) is 0 Å². The van der Waals surface area contributed by atoms with Crippen LogP contribution in [-0.2, 0) is 19.1 Å². The van der Waals surface area contributed by atoms with Crippen LogP contribution in [0.1, 0.15) is 32.9 Å². The largest absolute Gasteiger partial charge is 0.417 e. The lowest BCUT2D eigenvalue weighted by atomic mass is 10.3. The smallest absolute Gasteiger partial charge is 0.344 e. The Kier molecular flexibility index (Phi) is 4.27. The molecule has 3 rings (SSSR count). The molecule has 0 bridgehead atoms. The van der Waals surface area contributed by atoms with Gasteiger partial charge < -0.3 is 5.32 Å². The van der Waals surface area contributed by atoms with Gasteiger partial charge in [0.1, 0.15) is 0 Å². The number of amides is 1. The number of alkyl halides is 3. The molecule has 0 aliphatic carbocycles. The van der Waals surface area contributed by atoms with E-state index in [9.17, 15) is 18.0 Å². The van der Waals surface area contributed by atoms with Crippen molar-refractivity contribution in [3.05, 3.63) is 51.6 Å². The highest BCUT2D eigenvalue weighted by Crippen LogP contribution is 2.29. The van der Waals surface area contributed by atoms with E-state index in [2.05, 4.69) is 15.5 Å². The second-order valence-electron chi connectivity index (χ2n) is 5.06. The number of fused-ring (bicyclic) bond motifs is 1. The van der Waals surface area contributed by atoms with E-state index < -0.39 is 11.7 Å². The fourth-order valence-corrected chi connectivity index (χ4v) is 3.03. The van der Waals surface area contributed by atoms with E-state index in [1.165, 1.54) is 21.8 Å². The molecular formula is C15H13F3N4OS. The number of aryl methyl sites for hydroxylation is 1. The van der Waals surface area contributed by atoms with E-state index in [4.69, 9.17) is 0 Å². The Morgan fingerprint density at radius 3 is 2.71 bits per heavy atom. The normalized spacial score (nSPS) is 11.8. The number of hydrogen-bond donors (Lipinski definition) is 1. The molecule has 0 aromatic carbocycles. The monoisotopic (exact) mass is 354 g/mol. The van der Waals surface area contributed by atoms with Gasteiger partial charge in [-0.05, 0) is 30.7 Å². The maximum absolute atomic E-state index is 12.8. The maximum atomic E-state index is 12.8. The number of rotatable bonds is 4. The summed E-state index contributed by atoms with van der Waals surface area (Å²) in [4.78, 5) is 13.7. The van der Waals surface area contributed by atoms with E-state index >= 15 is 0 Å². The van der Waals surface area contributed by atoms with Gasteiger partial charge in [0.2, 0.25) is 0 Å². The lowest BCUT2D eigenvalue weighted by molar-refractivity contribution is -0.137. The van der Waals surface area contributed by atoms with E-state index in [-0.39, 0.29) is 23.9 Å². The van der Waals surface area contributed by atoms with Crippen LogP contribution in [0.2, 0.25) is 0 Å². The molecule has 0 unspecified atom stereocenters. The molecular weight excluding hydrogens is 341 g/mol. The molecule has 126 valence electrons. The highest BCUT2D eigenvalue weighted by Gasteiger charge is 2.31. The topological polar surface area (TPSA) is 59.3 Å². The maximum Gasteiger partial charge on any atom is 0.417 e. The van der Waals surface area contributed by atoms with Gasteiger partial charge >= 0.3 is 6.18 Å². The summed E-state index contributed by atoms with van der Waals surface area (Å²) in [7, 11) is 0. The number of aromatic nitrogens is 3. The molecule has 5 nitrogen and oxygen atoms in total. The van der Waals surface area contributed by atoms with E-state index in [1.807, 2.05) is 13.0 Å². The number of halogens is 3. The second-order valence-corrected chi connectivity index (χ2v) is 6.23. The van der Waals surface area contributed by atoms with Crippen molar-refractivity contribution >= 4 is 22.9 Å². The lowest BCUT2D eigenvalue weighted by Gasteiger charge is -2.07. The third kappa shape index (κ3) is 3.25. The van der Waals surface area contributed by atoms with E-state index in [0.29, 0.717) is 4.88 Å². The van der Waals surface area contributed by atoms with Crippen LogP contribution in [-0.4, -0.2) is 20.5 Å². The van der Waals surface area contributed by atoms with Gasteiger partial charge in [-0.3, -0.25) is 9.20 Å². The van der Waals surface area contributed by atoms with E-state index in [0.717, 1.165) is 23.6 Å². The molecule has 3 heterocycles. The van der Waals surface area contributed by atoms with Gasteiger partial charge in [0.05, 0.1) is 17.0 Å². The summed E-state index contributed by atoms with van der Waals surface area (Å²) >= 11 is 1.38. The summed E-state index contributed by atoms with van der Waals surface area (Å²) in [6, 6.07) is 5.79. The SMILES string of the molecule is CCc1ccc(C(=O)NCc2nnc3ccc(C(F)(F)F)cn23)s1. The summed E-state index contributed by atoms with van der Waals surface area (Å²) in [5, 5.41) is 10.3. The first kappa shape index (κ1) is 16.4. The first-order valence-electron chi connectivity index (χ1n) is 7.16. The summed E-state index contributed by atoms with van der Waals surface area (Å²) in [6.45, 7) is 1.98. The van der Waals surface area contributed by atoms with Crippen molar-refractivity contribution < 1.29 is 18.0 Å². The molecule has 0 saturated heterocycles. The average molecular weight is 354 g/mol. The molecule has 3 aromatic heterocycles. The predicted molar refractivity (Wildman–Crippen MR) is 82.9 cm³/mol. The fraction of sp³-hybridized carbons (Fsp3) is 0.267. The lowest BCUT2D eigenvalue weighted by Crippen LogP contribution is -2.23. The van der Waals surface area contributed by atoms with Crippen LogP contribution in [0.4, 0.5) is 13.2 Å². The Morgan fingerprint density at radius 2 is 2.04 bits per heavy atom. The summed E-state index contributed by atoms with van der Waals surface area (Å²) in [6.07, 6.45) is -2.68. The van der Waals surface area contributed by atoms with Crippen LogP contribution in [0.25, 0.3) is 5.65 Å². The van der Waals surface area contributed by atoms with Crippen molar-refractivity contribution in [1.82, 2.24) is 19.9 Å². The molecule has 0 atom stereocenters. The molecule has 3 aromatic rings. The minimum atomic E-state index is -4.45. The first-order chi connectivity index (χ1) is 11.4. The van der Waals surface area contributed by atoms with Crippen LogP contribution < -0.4 is 5.32 Å². The Hall–Kier alpha value is -2.42. The van der Waals surface area contributed by atoms with Gasteiger partial charge in [0.15, 0.2) is 11.5 Å². The van der Waals surface area contributed by atoms with Crippen LogP contribution in [0.5, 0.6) is 0 Å². The quantitative estimate of drug-likeness (QED) is 0.782. The predicted octanol–water partition coefficient (Wildman–Crippen LogP) is 3.30. The number of hydrogen-bond acceptors (Lipinski definition) is 4. The Morgan fingerprint density at radius 1 is 1.25 bits per heavy atom. The average Bonchev–Trinajstić information content (AvgIpc) is 3.18. The van der Waals surface area contributed by atoms with Crippen molar-refractivity contribution in [3.63, 3.8) is 0 Å². The van der Waals surface area contributed by atoms with Gasteiger partial charge in [0.25, 0.3) is 5.91 Å². The molecule has 0 aliphatic rings. The van der Waals surface area contributed by atoms with Crippen LogP contribution >= 0.6 is 11.3 Å². The molecule has 1 amide bonds. The van der Waals surface area contributed by atoms with Crippen LogP contribution in [0.15, 0.2) is 30.5 Å². The van der Waals surface area contributed by atoms with Crippen molar-refractivity contribution in [1.29, 1.82) is 0 Å². The summed E-state index contributed by atoms with van der Waals surface area (Å²) < 4.78 is 39.6. The number of nitrogens with one attached hydrogen (secondary N) is 1. The zero-order valence-corrected chi connectivity index (χ0v) is 13.4. The van der Waals surface area contributed by atoms with Gasteiger partial charge in [-0.15, -0.1) is 21.5 Å². The number of pyridine rings is 1. The molecule has 0 spiro atoms. The van der Waals surface area contributed by atoms with Crippen molar-refractivity contribution in [2.45, 2.75) is 26.1 Å². The minimum absolute atomic E-state index is 0.0132. The van der Waals surface area contributed by atoms with Crippen molar-refractivity contribution in [2.75, 3.05) is 0 Å². The number of nitrogens with zero attached hydrogens (tertiary/aromatic N) is 3. The van der Waals surface area contributed by atoms with Crippen molar-refractivity contribution in [2.24, 2.45) is 0 Å². The number of thiophene rings is 1. The third-order valence-electron chi connectivity index (χ3n) is 3.44. The fourth-order valence-electron chi connectivity index (χ4n) is 2.16. The first-order valence-corrected chi connectivity index (χ1v) is 7.98. The third-order valence-corrected chi connectivity index (χ3v) is 4.67. The molecule has 0 radical (unpaired) electrons. The van der Waals surface area contributed by atoms with E-state index in [1.54, 1.807) is 6.07 Å². The number of carbonyl (C=O) groups is 1. The van der Waals surface area contributed by atoms with Crippen LogP contribution in [0, 0.1) is 0 Å².